The standard InChI is InChI=1S/C24H34N4O3/c1-3-4-5-20-18(10-11-22(26-20)28-13-12-25-15-28)23(29)27-21-14-17(16-6-7-16)8-9-19(21)24(30)31-2/h8-9,14,16,18,22,25H,3-7,10-13,15H2,1-2H3,(H,27,29). The van der Waals surface area contributed by atoms with Crippen molar-refractivity contribution in [3.63, 3.8) is 0 Å². The molecular weight excluding hydrogens is 392 g/mol. The number of ether oxygens (including phenoxy) is 1. The number of amides is 1. The molecule has 0 bridgehead atoms. The minimum atomic E-state index is -0.428. The van der Waals surface area contributed by atoms with Crippen LogP contribution in [-0.4, -0.2) is 55.5 Å². The molecule has 4 rings (SSSR count). The lowest BCUT2D eigenvalue weighted by atomic mass is 9.89. The van der Waals surface area contributed by atoms with E-state index in [0.29, 0.717) is 17.2 Å². The Morgan fingerprint density at radius 1 is 1.26 bits per heavy atom. The van der Waals surface area contributed by atoms with Crippen molar-refractivity contribution < 1.29 is 14.3 Å². The normalized spacial score (nSPS) is 24.0. The van der Waals surface area contributed by atoms with Crippen molar-refractivity contribution in [2.24, 2.45) is 10.9 Å². The number of esters is 1. The maximum Gasteiger partial charge on any atom is 0.339 e. The lowest BCUT2D eigenvalue weighted by molar-refractivity contribution is -0.118. The van der Waals surface area contributed by atoms with E-state index in [9.17, 15) is 9.59 Å². The molecule has 2 heterocycles. The lowest BCUT2D eigenvalue weighted by Crippen LogP contribution is -2.41. The molecule has 168 valence electrons. The van der Waals surface area contributed by atoms with E-state index < -0.39 is 5.97 Å². The highest BCUT2D eigenvalue weighted by Gasteiger charge is 2.33. The van der Waals surface area contributed by atoms with Crippen molar-refractivity contribution in [3.8, 4) is 0 Å². The highest BCUT2D eigenvalue weighted by molar-refractivity contribution is 6.11. The Hall–Kier alpha value is -2.25. The van der Waals surface area contributed by atoms with Crippen molar-refractivity contribution in [1.82, 2.24) is 10.2 Å². The van der Waals surface area contributed by atoms with E-state index in [1.807, 2.05) is 12.1 Å². The fraction of sp³-hybridized carbons (Fsp3) is 0.625. The van der Waals surface area contributed by atoms with Gasteiger partial charge in [0.1, 0.15) is 6.17 Å². The van der Waals surface area contributed by atoms with Gasteiger partial charge in [-0.05, 0) is 62.1 Å². The van der Waals surface area contributed by atoms with Gasteiger partial charge in [0.05, 0.1) is 30.9 Å². The van der Waals surface area contributed by atoms with Gasteiger partial charge in [0.2, 0.25) is 5.91 Å². The van der Waals surface area contributed by atoms with Crippen LogP contribution < -0.4 is 10.6 Å². The highest BCUT2D eigenvalue weighted by atomic mass is 16.5. The molecule has 3 aliphatic rings. The SMILES string of the molecule is CCCCC1=NC(N2CCNC2)CCC1C(=O)Nc1cc(C2CC2)ccc1C(=O)OC. The van der Waals surface area contributed by atoms with Crippen LogP contribution in [-0.2, 0) is 9.53 Å². The van der Waals surface area contributed by atoms with Crippen LogP contribution in [0.15, 0.2) is 23.2 Å². The third-order valence-electron chi connectivity index (χ3n) is 6.60. The van der Waals surface area contributed by atoms with Crippen molar-refractivity contribution in [1.29, 1.82) is 0 Å². The predicted molar refractivity (Wildman–Crippen MR) is 121 cm³/mol. The van der Waals surface area contributed by atoms with Crippen LogP contribution in [0.25, 0.3) is 0 Å². The van der Waals surface area contributed by atoms with Crippen LogP contribution in [0.2, 0.25) is 0 Å². The first-order chi connectivity index (χ1) is 15.1. The molecule has 7 nitrogen and oxygen atoms in total. The average molecular weight is 427 g/mol. The van der Waals surface area contributed by atoms with Gasteiger partial charge in [-0.1, -0.05) is 19.4 Å². The molecule has 0 radical (unpaired) electrons. The summed E-state index contributed by atoms with van der Waals surface area (Å²) in [4.78, 5) is 33.0. The van der Waals surface area contributed by atoms with Crippen molar-refractivity contribution in [3.05, 3.63) is 29.3 Å². The monoisotopic (exact) mass is 426 g/mol. The van der Waals surface area contributed by atoms with E-state index in [-0.39, 0.29) is 18.0 Å². The van der Waals surface area contributed by atoms with Crippen LogP contribution in [0.1, 0.15) is 73.7 Å². The van der Waals surface area contributed by atoms with Gasteiger partial charge >= 0.3 is 5.97 Å². The van der Waals surface area contributed by atoms with Gasteiger partial charge in [0.15, 0.2) is 0 Å². The van der Waals surface area contributed by atoms with Crippen molar-refractivity contribution in [2.75, 3.05) is 32.2 Å². The molecule has 7 heteroatoms. The Labute approximate surface area is 184 Å². The number of nitrogens with zero attached hydrogens (tertiary/aromatic N) is 2. The summed E-state index contributed by atoms with van der Waals surface area (Å²) in [5.41, 5.74) is 3.14. The molecule has 31 heavy (non-hydrogen) atoms. The van der Waals surface area contributed by atoms with Crippen molar-refractivity contribution in [2.45, 2.75) is 64.0 Å². The molecule has 0 aromatic heterocycles. The van der Waals surface area contributed by atoms with E-state index in [1.54, 1.807) is 6.07 Å². The molecular formula is C24H34N4O3. The molecule has 2 atom stereocenters. The second kappa shape index (κ2) is 9.92. The minimum absolute atomic E-state index is 0.0639. The number of nitrogens with one attached hydrogen (secondary N) is 2. The Balaban J connectivity index is 1.54. The third kappa shape index (κ3) is 5.15. The fourth-order valence-electron chi connectivity index (χ4n) is 4.59. The Kier molecular flexibility index (Phi) is 7.02. The van der Waals surface area contributed by atoms with Crippen LogP contribution in [0.3, 0.4) is 0 Å². The summed E-state index contributed by atoms with van der Waals surface area (Å²) in [5, 5.41) is 6.43. The molecule has 2 N–H and O–H groups in total. The predicted octanol–water partition coefficient (Wildman–Crippen LogP) is 3.52. The van der Waals surface area contributed by atoms with E-state index in [4.69, 9.17) is 9.73 Å². The van der Waals surface area contributed by atoms with Gasteiger partial charge in [-0.25, -0.2) is 4.79 Å². The summed E-state index contributed by atoms with van der Waals surface area (Å²) in [6.45, 7) is 5.02. The maximum absolute atomic E-state index is 13.4. The largest absolute Gasteiger partial charge is 0.465 e. The number of hydrogen-bond donors (Lipinski definition) is 2. The molecule has 2 aliphatic heterocycles. The number of anilines is 1. The van der Waals surface area contributed by atoms with Gasteiger partial charge in [0.25, 0.3) is 0 Å². The summed E-state index contributed by atoms with van der Waals surface area (Å²) in [6.07, 6.45) is 7.08. The van der Waals surface area contributed by atoms with Crippen LogP contribution in [0.4, 0.5) is 5.69 Å². The maximum atomic E-state index is 13.4. The molecule has 1 aliphatic carbocycles. The second-order valence-electron chi connectivity index (χ2n) is 8.87. The van der Waals surface area contributed by atoms with Crippen LogP contribution in [0, 0.1) is 5.92 Å². The Morgan fingerprint density at radius 2 is 2.10 bits per heavy atom. The number of unbranched alkanes of at least 4 members (excludes halogenated alkanes) is 1. The molecule has 2 fully saturated rings. The Morgan fingerprint density at radius 3 is 2.77 bits per heavy atom. The van der Waals surface area contributed by atoms with Gasteiger partial charge in [-0.2, -0.15) is 0 Å². The number of rotatable bonds is 8. The van der Waals surface area contributed by atoms with Crippen LogP contribution in [0.5, 0.6) is 0 Å². The molecule has 1 aromatic carbocycles. The molecule has 1 saturated heterocycles. The lowest BCUT2D eigenvalue weighted by Gasteiger charge is -2.32. The summed E-state index contributed by atoms with van der Waals surface area (Å²) in [7, 11) is 1.37. The van der Waals surface area contributed by atoms with Gasteiger partial charge in [0, 0.05) is 18.8 Å². The summed E-state index contributed by atoms with van der Waals surface area (Å²) in [5.74, 6) is -0.198. The average Bonchev–Trinajstić information content (AvgIpc) is 3.50. The third-order valence-corrected chi connectivity index (χ3v) is 6.60. The molecule has 2 unspecified atom stereocenters. The Bertz CT molecular complexity index is 843. The number of benzene rings is 1. The number of carbonyl (C=O) groups is 2. The number of hydrogen-bond acceptors (Lipinski definition) is 6. The minimum Gasteiger partial charge on any atom is -0.465 e. The second-order valence-corrected chi connectivity index (χ2v) is 8.87. The molecule has 1 saturated carbocycles. The van der Waals surface area contributed by atoms with Gasteiger partial charge in [-0.15, -0.1) is 0 Å². The molecule has 1 amide bonds. The smallest absolute Gasteiger partial charge is 0.339 e. The topological polar surface area (TPSA) is 83.0 Å². The zero-order valence-corrected chi connectivity index (χ0v) is 18.7. The van der Waals surface area contributed by atoms with E-state index in [0.717, 1.165) is 70.4 Å². The van der Waals surface area contributed by atoms with E-state index in [2.05, 4.69) is 22.5 Å². The zero-order valence-electron chi connectivity index (χ0n) is 18.7. The van der Waals surface area contributed by atoms with E-state index >= 15 is 0 Å². The molecule has 0 spiro atoms. The first-order valence-electron chi connectivity index (χ1n) is 11.6. The number of carbonyl (C=O) groups excluding carboxylic acids is 2. The number of aliphatic imine (C=N–C) groups is 1. The quantitative estimate of drug-likeness (QED) is 0.622. The van der Waals surface area contributed by atoms with E-state index in [1.165, 1.54) is 12.7 Å². The fourth-order valence-corrected chi connectivity index (χ4v) is 4.59. The van der Waals surface area contributed by atoms with Crippen LogP contribution >= 0.6 is 0 Å². The number of methoxy groups -OCH3 is 1. The zero-order chi connectivity index (χ0) is 21.8. The van der Waals surface area contributed by atoms with Gasteiger partial charge < -0.3 is 15.4 Å². The summed E-state index contributed by atoms with van der Waals surface area (Å²) < 4.78 is 4.94. The highest BCUT2D eigenvalue weighted by Crippen LogP contribution is 2.41. The first-order valence-corrected chi connectivity index (χ1v) is 11.6. The summed E-state index contributed by atoms with van der Waals surface area (Å²) >= 11 is 0. The molecule has 1 aromatic rings. The first kappa shape index (κ1) is 22.0. The summed E-state index contributed by atoms with van der Waals surface area (Å²) in [6, 6.07) is 5.70. The van der Waals surface area contributed by atoms with Crippen molar-refractivity contribution >= 4 is 23.3 Å². The van der Waals surface area contributed by atoms with Gasteiger partial charge in [-0.3, -0.25) is 14.7 Å².